The molecule has 7 heteroatoms. The highest BCUT2D eigenvalue weighted by atomic mass is 16.5. The topological polar surface area (TPSA) is 85.3 Å². The number of rotatable bonds is 4. The molecule has 0 saturated carbocycles. The molecular formula is C18H23NO6. The van der Waals surface area contributed by atoms with Gasteiger partial charge in [0.25, 0.3) is 0 Å². The Hall–Kier alpha value is -2.12. The minimum absolute atomic E-state index is 0.0308. The van der Waals surface area contributed by atoms with Crippen LogP contribution in [0.25, 0.3) is 0 Å². The van der Waals surface area contributed by atoms with Crippen molar-refractivity contribution in [1.82, 2.24) is 4.90 Å². The highest BCUT2D eigenvalue weighted by Gasteiger charge is 2.31. The Morgan fingerprint density at radius 3 is 2.76 bits per heavy atom. The van der Waals surface area contributed by atoms with Crippen LogP contribution in [0.2, 0.25) is 0 Å². The van der Waals surface area contributed by atoms with E-state index in [1.54, 1.807) is 18.1 Å². The van der Waals surface area contributed by atoms with Gasteiger partial charge in [0, 0.05) is 38.3 Å². The number of hydrogen-bond acceptors (Lipinski definition) is 5. The van der Waals surface area contributed by atoms with Crippen molar-refractivity contribution in [2.45, 2.75) is 25.5 Å². The average molecular weight is 349 g/mol. The van der Waals surface area contributed by atoms with Gasteiger partial charge in [-0.05, 0) is 25.0 Å². The molecule has 1 aromatic rings. The lowest BCUT2D eigenvalue weighted by Gasteiger charge is -2.29. The summed E-state index contributed by atoms with van der Waals surface area (Å²) >= 11 is 0. The van der Waals surface area contributed by atoms with E-state index in [2.05, 4.69) is 0 Å². The molecule has 0 radical (unpaired) electrons. The van der Waals surface area contributed by atoms with Crippen LogP contribution in [0.3, 0.4) is 0 Å². The predicted octanol–water partition coefficient (Wildman–Crippen LogP) is 1.55. The van der Waals surface area contributed by atoms with Crippen molar-refractivity contribution in [3.63, 3.8) is 0 Å². The Bertz CT molecular complexity index is 640. The van der Waals surface area contributed by atoms with Gasteiger partial charge in [-0.2, -0.15) is 0 Å². The van der Waals surface area contributed by atoms with E-state index in [0.29, 0.717) is 38.7 Å². The fourth-order valence-electron chi connectivity index (χ4n) is 3.30. The molecule has 0 aliphatic carbocycles. The number of ether oxygens (including phenoxy) is 3. The molecule has 2 aliphatic rings. The van der Waals surface area contributed by atoms with Crippen molar-refractivity contribution in [3.05, 3.63) is 29.3 Å². The van der Waals surface area contributed by atoms with E-state index in [4.69, 9.17) is 14.2 Å². The molecule has 0 spiro atoms. The maximum Gasteiger partial charge on any atom is 0.335 e. The minimum atomic E-state index is -1.01. The van der Waals surface area contributed by atoms with Crippen LogP contribution in [-0.2, 0) is 20.8 Å². The van der Waals surface area contributed by atoms with Gasteiger partial charge in [0.15, 0.2) is 0 Å². The molecule has 1 fully saturated rings. The van der Waals surface area contributed by atoms with E-state index in [0.717, 1.165) is 18.4 Å². The lowest BCUT2D eigenvalue weighted by Crippen LogP contribution is -2.43. The minimum Gasteiger partial charge on any atom is -0.486 e. The van der Waals surface area contributed by atoms with E-state index < -0.39 is 5.97 Å². The van der Waals surface area contributed by atoms with Crippen LogP contribution in [0.15, 0.2) is 18.2 Å². The van der Waals surface area contributed by atoms with Crippen molar-refractivity contribution in [3.8, 4) is 5.75 Å². The second-order valence-electron chi connectivity index (χ2n) is 6.43. The lowest BCUT2D eigenvalue weighted by atomic mass is 9.98. The van der Waals surface area contributed by atoms with Gasteiger partial charge in [-0.3, -0.25) is 4.79 Å². The van der Waals surface area contributed by atoms with Crippen LogP contribution in [-0.4, -0.2) is 61.5 Å². The van der Waals surface area contributed by atoms with Gasteiger partial charge in [-0.1, -0.05) is 6.07 Å². The quantitative estimate of drug-likeness (QED) is 0.888. The number of fused-ring (bicyclic) bond motifs is 1. The number of hydrogen-bond donors (Lipinski definition) is 1. The van der Waals surface area contributed by atoms with E-state index in [1.165, 1.54) is 12.1 Å². The third-order valence-corrected chi connectivity index (χ3v) is 4.63. The van der Waals surface area contributed by atoms with Crippen LogP contribution in [0.5, 0.6) is 5.75 Å². The number of carbonyl (C=O) groups is 2. The molecule has 0 bridgehead atoms. The summed E-state index contributed by atoms with van der Waals surface area (Å²) in [4.78, 5) is 25.9. The van der Waals surface area contributed by atoms with Crippen LogP contribution in [0, 0.1) is 5.92 Å². The van der Waals surface area contributed by atoms with Crippen LogP contribution in [0.4, 0.5) is 0 Å². The number of amides is 1. The predicted molar refractivity (Wildman–Crippen MR) is 88.7 cm³/mol. The summed E-state index contributed by atoms with van der Waals surface area (Å²) in [6.07, 6.45) is 1.13. The molecule has 1 saturated heterocycles. The highest BCUT2D eigenvalue weighted by molar-refractivity contribution is 5.88. The van der Waals surface area contributed by atoms with Crippen molar-refractivity contribution in [1.29, 1.82) is 0 Å². The molecule has 3 rings (SSSR count). The van der Waals surface area contributed by atoms with E-state index in [-0.39, 0.29) is 23.5 Å². The maximum absolute atomic E-state index is 12.9. The second-order valence-corrected chi connectivity index (χ2v) is 6.43. The van der Waals surface area contributed by atoms with Crippen LogP contribution < -0.4 is 4.74 Å². The maximum atomic E-state index is 12.9. The zero-order chi connectivity index (χ0) is 17.8. The molecule has 1 aromatic carbocycles. The van der Waals surface area contributed by atoms with E-state index in [9.17, 15) is 14.7 Å². The number of benzene rings is 1. The number of nitrogens with zero attached hydrogens (tertiary/aromatic N) is 1. The van der Waals surface area contributed by atoms with Gasteiger partial charge >= 0.3 is 5.97 Å². The Labute approximate surface area is 146 Å². The normalized spacial score (nSPS) is 21.2. The lowest BCUT2D eigenvalue weighted by molar-refractivity contribution is -0.140. The molecule has 1 N–H and O–H groups in total. The number of methoxy groups -OCH3 is 1. The first kappa shape index (κ1) is 17.7. The molecule has 136 valence electrons. The fourth-order valence-corrected chi connectivity index (χ4v) is 3.30. The summed E-state index contributed by atoms with van der Waals surface area (Å²) in [5.41, 5.74) is 0.975. The van der Waals surface area contributed by atoms with Gasteiger partial charge in [0.2, 0.25) is 5.91 Å². The summed E-state index contributed by atoms with van der Waals surface area (Å²) in [7, 11) is 1.58. The Morgan fingerprint density at radius 2 is 2.08 bits per heavy atom. The summed E-state index contributed by atoms with van der Waals surface area (Å²) in [6.45, 7) is 2.38. The Balaban J connectivity index is 1.85. The highest BCUT2D eigenvalue weighted by Crippen LogP contribution is 2.29. The van der Waals surface area contributed by atoms with Gasteiger partial charge < -0.3 is 24.2 Å². The molecular weight excluding hydrogens is 326 g/mol. The standard InChI is InChI=1S/C18H23NO6/c1-23-11-15-10-19(17(20)12-4-6-24-7-5-12)9-14-3-2-13(18(21)22)8-16(14)25-15/h2-3,8,12,15H,4-7,9-11H2,1H3,(H,21,22)/t15-/m1/s1. The average Bonchev–Trinajstić information content (AvgIpc) is 2.80. The second kappa shape index (κ2) is 7.84. The molecule has 0 aromatic heterocycles. The molecule has 2 heterocycles. The molecule has 7 nitrogen and oxygen atoms in total. The summed E-state index contributed by atoms with van der Waals surface area (Å²) < 4.78 is 16.5. The SMILES string of the molecule is COC[C@H]1CN(C(=O)C2CCOCC2)Cc2ccc(C(=O)O)cc2O1. The largest absolute Gasteiger partial charge is 0.486 e. The smallest absolute Gasteiger partial charge is 0.335 e. The Kier molecular flexibility index (Phi) is 5.55. The Morgan fingerprint density at radius 1 is 1.32 bits per heavy atom. The van der Waals surface area contributed by atoms with Crippen molar-refractivity contribution in [2.75, 3.05) is 33.5 Å². The number of aromatic carboxylic acids is 1. The number of carboxylic acid groups (broad SMARTS) is 1. The molecule has 2 aliphatic heterocycles. The van der Waals surface area contributed by atoms with E-state index in [1.807, 2.05) is 0 Å². The van der Waals surface area contributed by atoms with Gasteiger partial charge in [-0.25, -0.2) is 4.79 Å². The summed E-state index contributed by atoms with van der Waals surface area (Å²) in [5.74, 6) is -0.432. The molecule has 1 atom stereocenters. The van der Waals surface area contributed by atoms with Crippen LogP contribution >= 0.6 is 0 Å². The van der Waals surface area contributed by atoms with Crippen molar-refractivity contribution < 1.29 is 28.9 Å². The zero-order valence-electron chi connectivity index (χ0n) is 14.3. The van der Waals surface area contributed by atoms with Crippen LogP contribution in [0.1, 0.15) is 28.8 Å². The molecule has 25 heavy (non-hydrogen) atoms. The summed E-state index contributed by atoms with van der Waals surface area (Å²) in [6, 6.07) is 4.78. The molecule has 0 unspecified atom stereocenters. The first-order valence-corrected chi connectivity index (χ1v) is 8.47. The van der Waals surface area contributed by atoms with Gasteiger partial charge in [0.05, 0.1) is 18.7 Å². The van der Waals surface area contributed by atoms with Crippen molar-refractivity contribution >= 4 is 11.9 Å². The fraction of sp³-hybridized carbons (Fsp3) is 0.556. The first-order chi connectivity index (χ1) is 12.1. The zero-order valence-corrected chi connectivity index (χ0v) is 14.3. The first-order valence-electron chi connectivity index (χ1n) is 8.47. The van der Waals surface area contributed by atoms with E-state index >= 15 is 0 Å². The third-order valence-electron chi connectivity index (χ3n) is 4.63. The van der Waals surface area contributed by atoms with Crippen molar-refractivity contribution in [2.24, 2.45) is 5.92 Å². The number of carboxylic acids is 1. The van der Waals surface area contributed by atoms with Gasteiger partial charge in [0.1, 0.15) is 11.9 Å². The monoisotopic (exact) mass is 349 g/mol. The molecule has 1 amide bonds. The number of carbonyl (C=O) groups excluding carboxylic acids is 1. The summed E-state index contributed by atoms with van der Waals surface area (Å²) in [5, 5.41) is 9.18. The van der Waals surface area contributed by atoms with Gasteiger partial charge in [-0.15, -0.1) is 0 Å². The third kappa shape index (κ3) is 4.11.